The highest BCUT2D eigenvalue weighted by molar-refractivity contribution is 7.17. The van der Waals surface area contributed by atoms with Crippen LogP contribution >= 0.6 is 22.7 Å². The second kappa shape index (κ2) is 6.36. The maximum atomic E-state index is 12.5. The lowest BCUT2D eigenvalue weighted by atomic mass is 10.2. The molecule has 2 aromatic rings. The largest absolute Gasteiger partial charge is 0.480 e. The Morgan fingerprint density at radius 1 is 1.48 bits per heavy atom. The van der Waals surface area contributed by atoms with Gasteiger partial charge in [-0.2, -0.15) is 11.3 Å². The number of hydrogen-bond acceptors (Lipinski definition) is 5. The Hall–Kier alpha value is -1.73. The van der Waals surface area contributed by atoms with E-state index in [9.17, 15) is 9.59 Å². The molecule has 0 aliphatic carbocycles. The average molecular weight is 324 g/mol. The van der Waals surface area contributed by atoms with Crippen molar-refractivity contribution in [2.24, 2.45) is 0 Å². The zero-order valence-corrected chi connectivity index (χ0v) is 13.6. The molecule has 0 bridgehead atoms. The van der Waals surface area contributed by atoms with E-state index in [1.165, 1.54) is 23.3 Å². The van der Waals surface area contributed by atoms with E-state index in [0.29, 0.717) is 17.0 Å². The topological polar surface area (TPSA) is 70.5 Å². The molecule has 0 saturated heterocycles. The zero-order chi connectivity index (χ0) is 15.6. The summed E-state index contributed by atoms with van der Waals surface area (Å²) < 4.78 is 0. The van der Waals surface area contributed by atoms with Gasteiger partial charge in [-0.05, 0) is 24.8 Å². The molecule has 0 aliphatic heterocycles. The van der Waals surface area contributed by atoms with Gasteiger partial charge in [-0.1, -0.05) is 6.92 Å². The van der Waals surface area contributed by atoms with Gasteiger partial charge in [0.05, 0.1) is 5.69 Å². The van der Waals surface area contributed by atoms with Crippen molar-refractivity contribution < 1.29 is 14.7 Å². The summed E-state index contributed by atoms with van der Waals surface area (Å²) >= 11 is 2.87. The van der Waals surface area contributed by atoms with Gasteiger partial charge in [-0.3, -0.25) is 4.79 Å². The second-order valence-electron chi connectivity index (χ2n) is 4.62. The monoisotopic (exact) mass is 324 g/mol. The van der Waals surface area contributed by atoms with Gasteiger partial charge in [0.15, 0.2) is 0 Å². The van der Waals surface area contributed by atoms with Gasteiger partial charge in [0.25, 0.3) is 5.91 Å². The van der Waals surface area contributed by atoms with Crippen molar-refractivity contribution in [3.63, 3.8) is 0 Å². The first-order chi connectivity index (χ1) is 9.95. The Balaban J connectivity index is 2.29. The van der Waals surface area contributed by atoms with E-state index in [1.807, 2.05) is 16.8 Å². The van der Waals surface area contributed by atoms with E-state index in [2.05, 4.69) is 4.98 Å². The molecular weight excluding hydrogens is 308 g/mol. The normalized spacial score (nSPS) is 12.1. The van der Waals surface area contributed by atoms with E-state index < -0.39 is 12.0 Å². The molecule has 1 atom stereocenters. The van der Waals surface area contributed by atoms with Crippen LogP contribution in [-0.4, -0.2) is 40.0 Å². The van der Waals surface area contributed by atoms with Crippen LogP contribution in [0.3, 0.4) is 0 Å². The minimum atomic E-state index is -0.992. The third-order valence-corrected chi connectivity index (χ3v) is 5.10. The molecule has 0 aliphatic rings. The predicted octanol–water partition coefficient (Wildman–Crippen LogP) is 3.12. The predicted molar refractivity (Wildman–Crippen MR) is 84.0 cm³/mol. The number of carbonyl (C=O) groups excluding carboxylic acids is 1. The molecule has 0 aromatic carbocycles. The second-order valence-corrected chi connectivity index (χ2v) is 6.40. The molecule has 0 radical (unpaired) electrons. The smallest absolute Gasteiger partial charge is 0.326 e. The lowest BCUT2D eigenvalue weighted by Gasteiger charge is -2.23. The fourth-order valence-electron chi connectivity index (χ4n) is 2.02. The summed E-state index contributed by atoms with van der Waals surface area (Å²) in [5.41, 5.74) is 1.62. The number of nitrogens with zero attached hydrogens (tertiary/aromatic N) is 2. The molecule has 1 amide bonds. The van der Waals surface area contributed by atoms with Gasteiger partial charge in [0.2, 0.25) is 0 Å². The molecule has 7 heteroatoms. The molecule has 0 spiro atoms. The van der Waals surface area contributed by atoms with Gasteiger partial charge < -0.3 is 10.0 Å². The average Bonchev–Trinajstić information content (AvgIpc) is 3.07. The molecule has 5 nitrogen and oxygen atoms in total. The van der Waals surface area contributed by atoms with E-state index in [4.69, 9.17) is 5.11 Å². The first-order valence-electron chi connectivity index (χ1n) is 6.45. The van der Waals surface area contributed by atoms with Crippen LogP contribution in [0.2, 0.25) is 0 Å². The first kappa shape index (κ1) is 15.7. The maximum absolute atomic E-state index is 12.5. The summed E-state index contributed by atoms with van der Waals surface area (Å²) in [7, 11) is 1.52. The Labute approximate surface area is 130 Å². The highest BCUT2D eigenvalue weighted by Gasteiger charge is 2.28. The number of aryl methyl sites for hydroxylation is 1. The number of carbonyl (C=O) groups is 2. The van der Waals surface area contributed by atoms with Crippen LogP contribution in [0.1, 0.15) is 28.7 Å². The molecule has 2 aromatic heterocycles. The standard InChI is InChI=1S/C14H16N2O3S2/c1-4-10(14(18)19)16(3)13(17)11-8(2)15-12(21-11)9-5-6-20-7-9/h5-7,10H,4H2,1-3H3,(H,18,19). The van der Waals surface area contributed by atoms with Crippen LogP contribution in [0.25, 0.3) is 10.6 Å². The number of aromatic nitrogens is 1. The minimum absolute atomic E-state index is 0.291. The lowest BCUT2D eigenvalue weighted by Crippen LogP contribution is -2.41. The van der Waals surface area contributed by atoms with Crippen LogP contribution < -0.4 is 0 Å². The minimum Gasteiger partial charge on any atom is -0.480 e. The number of hydrogen-bond donors (Lipinski definition) is 1. The lowest BCUT2D eigenvalue weighted by molar-refractivity contribution is -0.142. The Kier molecular flexibility index (Phi) is 4.74. The van der Waals surface area contributed by atoms with Crippen molar-refractivity contribution in [3.05, 3.63) is 27.4 Å². The fourth-order valence-corrected chi connectivity index (χ4v) is 3.78. The summed E-state index contributed by atoms with van der Waals surface area (Å²) in [4.78, 5) is 29.9. The van der Waals surface area contributed by atoms with Crippen molar-refractivity contribution in [1.82, 2.24) is 9.88 Å². The van der Waals surface area contributed by atoms with Crippen LogP contribution in [0, 0.1) is 6.92 Å². The quantitative estimate of drug-likeness (QED) is 0.917. The van der Waals surface area contributed by atoms with Crippen LogP contribution in [0.15, 0.2) is 16.8 Å². The summed E-state index contributed by atoms with van der Waals surface area (Å²) in [6.45, 7) is 3.52. The van der Waals surface area contributed by atoms with Crippen LogP contribution in [0.5, 0.6) is 0 Å². The van der Waals surface area contributed by atoms with Gasteiger partial charge in [0, 0.05) is 18.0 Å². The third kappa shape index (κ3) is 3.14. The highest BCUT2D eigenvalue weighted by Crippen LogP contribution is 2.30. The molecule has 1 N–H and O–H groups in total. The van der Waals surface area contributed by atoms with Crippen molar-refractivity contribution in [2.45, 2.75) is 26.3 Å². The molecule has 21 heavy (non-hydrogen) atoms. The number of carboxylic acid groups (broad SMARTS) is 1. The van der Waals surface area contributed by atoms with E-state index >= 15 is 0 Å². The molecular formula is C14H16N2O3S2. The first-order valence-corrected chi connectivity index (χ1v) is 8.21. The number of carboxylic acids is 1. The van der Waals surface area contributed by atoms with Gasteiger partial charge in [0.1, 0.15) is 15.9 Å². The maximum Gasteiger partial charge on any atom is 0.326 e. The van der Waals surface area contributed by atoms with E-state index in [1.54, 1.807) is 25.2 Å². The van der Waals surface area contributed by atoms with E-state index in [0.717, 1.165) is 10.6 Å². The molecule has 1 unspecified atom stereocenters. The molecule has 2 rings (SSSR count). The van der Waals surface area contributed by atoms with Gasteiger partial charge in [-0.25, -0.2) is 9.78 Å². The molecule has 0 fully saturated rings. The third-order valence-electron chi connectivity index (χ3n) is 3.22. The number of rotatable bonds is 5. The Bertz CT molecular complexity index is 649. The SMILES string of the molecule is CCC(C(=O)O)N(C)C(=O)c1sc(-c2ccsc2)nc1C. The van der Waals surface area contributed by atoms with Gasteiger partial charge in [-0.15, -0.1) is 11.3 Å². The number of thiophene rings is 1. The van der Waals surface area contributed by atoms with Crippen molar-refractivity contribution >= 4 is 34.6 Å². The summed E-state index contributed by atoms with van der Waals surface area (Å²) in [5, 5.41) is 13.9. The Morgan fingerprint density at radius 2 is 2.19 bits per heavy atom. The zero-order valence-electron chi connectivity index (χ0n) is 12.0. The fraction of sp³-hybridized carbons (Fsp3) is 0.357. The summed E-state index contributed by atoms with van der Waals surface area (Å²) in [6, 6.07) is 1.14. The van der Waals surface area contributed by atoms with E-state index in [-0.39, 0.29) is 5.91 Å². The summed E-state index contributed by atoms with van der Waals surface area (Å²) in [5.74, 6) is -1.28. The number of thiazole rings is 1. The van der Waals surface area contributed by atoms with Crippen LogP contribution in [0.4, 0.5) is 0 Å². The number of likely N-dealkylation sites (N-methyl/N-ethyl adjacent to an activating group) is 1. The van der Waals surface area contributed by atoms with Gasteiger partial charge >= 0.3 is 5.97 Å². The van der Waals surface area contributed by atoms with Crippen molar-refractivity contribution in [3.8, 4) is 10.6 Å². The van der Waals surface area contributed by atoms with Crippen LogP contribution in [-0.2, 0) is 4.79 Å². The summed E-state index contributed by atoms with van der Waals surface area (Å²) in [6.07, 6.45) is 0.368. The highest BCUT2D eigenvalue weighted by atomic mass is 32.1. The Morgan fingerprint density at radius 3 is 2.71 bits per heavy atom. The van der Waals surface area contributed by atoms with Crippen molar-refractivity contribution in [2.75, 3.05) is 7.05 Å². The number of amides is 1. The molecule has 0 saturated carbocycles. The molecule has 112 valence electrons. The molecule has 2 heterocycles. The van der Waals surface area contributed by atoms with Crippen molar-refractivity contribution in [1.29, 1.82) is 0 Å². The number of aliphatic carboxylic acids is 1.